The fourth-order valence-electron chi connectivity index (χ4n) is 7.57. The summed E-state index contributed by atoms with van der Waals surface area (Å²) >= 11 is 0. The summed E-state index contributed by atoms with van der Waals surface area (Å²) in [5.41, 5.74) is 1.53. The SMILES string of the molecule is CC(=O)OC1CCC2(C)C(CCC3C4CC=C(/C(C)=N/O)C4(C)CC(=O)C32)C1. The van der Waals surface area contributed by atoms with Crippen LogP contribution < -0.4 is 0 Å². The molecule has 0 bridgehead atoms. The van der Waals surface area contributed by atoms with E-state index in [1.165, 1.54) is 6.92 Å². The molecule has 5 nitrogen and oxygen atoms in total. The molecular weight excluding hydrogens is 354 g/mol. The molecule has 0 amide bonds. The van der Waals surface area contributed by atoms with Gasteiger partial charge in [0.25, 0.3) is 0 Å². The lowest BCUT2D eigenvalue weighted by molar-refractivity contribution is -0.166. The van der Waals surface area contributed by atoms with Crippen LogP contribution in [0.1, 0.15) is 72.6 Å². The summed E-state index contributed by atoms with van der Waals surface area (Å²) in [6.45, 7) is 7.84. The first-order chi connectivity index (χ1) is 13.2. The zero-order valence-electron chi connectivity index (χ0n) is 17.5. The van der Waals surface area contributed by atoms with Crippen LogP contribution in [-0.2, 0) is 14.3 Å². The van der Waals surface area contributed by atoms with Crippen molar-refractivity contribution in [3.8, 4) is 0 Å². The minimum atomic E-state index is -0.202. The Labute approximate surface area is 167 Å². The summed E-state index contributed by atoms with van der Waals surface area (Å²) in [4.78, 5) is 24.9. The Morgan fingerprint density at radius 2 is 2.00 bits per heavy atom. The lowest BCUT2D eigenvalue weighted by Crippen LogP contribution is -2.57. The second kappa shape index (κ2) is 6.70. The number of carbonyl (C=O) groups is 2. The number of hydrogen-bond donors (Lipinski definition) is 1. The number of fused-ring (bicyclic) bond motifs is 5. The minimum absolute atomic E-state index is 0.0132. The van der Waals surface area contributed by atoms with Crippen LogP contribution in [0.25, 0.3) is 0 Å². The van der Waals surface area contributed by atoms with Crippen LogP contribution in [0.3, 0.4) is 0 Å². The molecule has 5 heteroatoms. The summed E-state index contributed by atoms with van der Waals surface area (Å²) in [6, 6.07) is 0. The third kappa shape index (κ3) is 2.76. The van der Waals surface area contributed by atoms with Crippen molar-refractivity contribution in [3.63, 3.8) is 0 Å². The van der Waals surface area contributed by atoms with Crippen LogP contribution in [0.2, 0.25) is 0 Å². The molecule has 0 radical (unpaired) electrons. The number of oxime groups is 1. The third-order valence-electron chi connectivity index (χ3n) is 8.76. The maximum Gasteiger partial charge on any atom is 0.302 e. The van der Waals surface area contributed by atoms with Crippen LogP contribution in [-0.4, -0.2) is 28.8 Å². The van der Waals surface area contributed by atoms with Crippen molar-refractivity contribution in [2.75, 3.05) is 0 Å². The standard InChI is InChI=1S/C23H33NO4/c1-13(24-27)18-7-8-19-17-6-5-15-11-16(28-14(2)25)9-10-22(15,3)21(17)20(26)12-23(18,19)4/h7,15-17,19,21,27H,5-6,8-12H2,1-4H3/b24-13+. The van der Waals surface area contributed by atoms with E-state index in [2.05, 4.69) is 25.1 Å². The fraction of sp³-hybridized carbons (Fsp3) is 0.783. The van der Waals surface area contributed by atoms with Gasteiger partial charge in [-0.1, -0.05) is 25.1 Å². The second-order valence-corrected chi connectivity index (χ2v) is 10.1. The Kier molecular flexibility index (Phi) is 4.71. The van der Waals surface area contributed by atoms with E-state index in [-0.39, 0.29) is 28.8 Å². The molecule has 3 saturated carbocycles. The average molecular weight is 388 g/mol. The second-order valence-electron chi connectivity index (χ2n) is 10.1. The maximum absolute atomic E-state index is 13.5. The number of hydrogen-bond acceptors (Lipinski definition) is 5. The van der Waals surface area contributed by atoms with Gasteiger partial charge in [-0.3, -0.25) is 9.59 Å². The highest BCUT2D eigenvalue weighted by Gasteiger charge is 2.62. The number of allylic oxidation sites excluding steroid dienone is 2. The first-order valence-corrected chi connectivity index (χ1v) is 10.8. The minimum Gasteiger partial charge on any atom is -0.463 e. The van der Waals surface area contributed by atoms with Crippen LogP contribution in [0.5, 0.6) is 0 Å². The van der Waals surface area contributed by atoms with E-state index in [0.29, 0.717) is 35.7 Å². The lowest BCUT2D eigenvalue weighted by Gasteiger charge is -2.59. The van der Waals surface area contributed by atoms with Gasteiger partial charge in [-0.25, -0.2) is 0 Å². The summed E-state index contributed by atoms with van der Waals surface area (Å²) in [5.74, 6) is 1.61. The molecule has 28 heavy (non-hydrogen) atoms. The highest BCUT2D eigenvalue weighted by Crippen LogP contribution is 2.65. The van der Waals surface area contributed by atoms with Crippen molar-refractivity contribution >= 4 is 17.5 Å². The monoisotopic (exact) mass is 387 g/mol. The molecule has 0 aromatic rings. The summed E-state index contributed by atoms with van der Waals surface area (Å²) in [7, 11) is 0. The Balaban J connectivity index is 1.60. The van der Waals surface area contributed by atoms with Crippen LogP contribution >= 0.6 is 0 Å². The Morgan fingerprint density at radius 1 is 1.25 bits per heavy atom. The van der Waals surface area contributed by atoms with Gasteiger partial charge >= 0.3 is 5.97 Å². The molecule has 154 valence electrons. The van der Waals surface area contributed by atoms with Crippen LogP contribution in [0, 0.1) is 34.5 Å². The van der Waals surface area contributed by atoms with Crippen LogP contribution in [0.4, 0.5) is 0 Å². The molecule has 3 fully saturated rings. The summed E-state index contributed by atoms with van der Waals surface area (Å²) in [5, 5.41) is 12.7. The van der Waals surface area contributed by atoms with Crippen molar-refractivity contribution in [1.82, 2.24) is 0 Å². The Bertz CT molecular complexity index is 756. The predicted molar refractivity (Wildman–Crippen MR) is 106 cm³/mol. The molecule has 0 heterocycles. The van der Waals surface area contributed by atoms with E-state index in [9.17, 15) is 14.8 Å². The smallest absolute Gasteiger partial charge is 0.302 e. The number of carbonyl (C=O) groups excluding carboxylic acids is 2. The number of nitrogens with zero attached hydrogens (tertiary/aromatic N) is 1. The summed E-state index contributed by atoms with van der Waals surface area (Å²) < 4.78 is 5.52. The van der Waals surface area contributed by atoms with Gasteiger partial charge in [-0.2, -0.15) is 0 Å². The molecule has 4 rings (SSSR count). The molecular formula is C23H33NO4. The average Bonchev–Trinajstić information content (AvgIpc) is 2.97. The van der Waals surface area contributed by atoms with Gasteiger partial charge in [0.1, 0.15) is 11.9 Å². The quantitative estimate of drug-likeness (QED) is 0.327. The van der Waals surface area contributed by atoms with Gasteiger partial charge in [0, 0.05) is 24.7 Å². The van der Waals surface area contributed by atoms with Gasteiger partial charge in [0.05, 0.1) is 5.71 Å². The molecule has 7 atom stereocenters. The maximum atomic E-state index is 13.5. The number of ether oxygens (including phenoxy) is 1. The van der Waals surface area contributed by atoms with E-state index in [0.717, 1.165) is 44.1 Å². The van der Waals surface area contributed by atoms with E-state index >= 15 is 0 Å². The Hall–Kier alpha value is -1.65. The largest absolute Gasteiger partial charge is 0.463 e. The molecule has 1 N–H and O–H groups in total. The van der Waals surface area contributed by atoms with Crippen molar-refractivity contribution in [2.45, 2.75) is 78.7 Å². The summed E-state index contributed by atoms with van der Waals surface area (Å²) in [6.07, 6.45) is 8.65. The first-order valence-electron chi connectivity index (χ1n) is 10.8. The van der Waals surface area contributed by atoms with Gasteiger partial charge < -0.3 is 9.94 Å². The zero-order chi connectivity index (χ0) is 20.3. The first kappa shape index (κ1) is 19.7. The Morgan fingerprint density at radius 3 is 2.68 bits per heavy atom. The molecule has 0 spiro atoms. The molecule has 0 aromatic carbocycles. The fourth-order valence-corrected chi connectivity index (χ4v) is 7.57. The van der Waals surface area contributed by atoms with Crippen molar-refractivity contribution in [2.24, 2.45) is 39.7 Å². The zero-order valence-corrected chi connectivity index (χ0v) is 17.5. The van der Waals surface area contributed by atoms with Gasteiger partial charge in [-0.05, 0) is 74.2 Å². The number of ketones is 1. The lowest BCUT2D eigenvalue weighted by atomic mass is 9.44. The van der Waals surface area contributed by atoms with E-state index in [4.69, 9.17) is 4.74 Å². The molecule has 4 aliphatic carbocycles. The van der Waals surface area contributed by atoms with Crippen molar-refractivity contribution < 1.29 is 19.5 Å². The topological polar surface area (TPSA) is 76.0 Å². The van der Waals surface area contributed by atoms with Gasteiger partial charge in [-0.15, -0.1) is 0 Å². The van der Waals surface area contributed by atoms with Crippen molar-refractivity contribution in [1.29, 1.82) is 0 Å². The third-order valence-corrected chi connectivity index (χ3v) is 8.76. The highest BCUT2D eigenvalue weighted by molar-refractivity contribution is 6.01. The molecule has 0 saturated heterocycles. The molecule has 0 aromatic heterocycles. The number of esters is 1. The normalized spacial score (nSPS) is 45.6. The van der Waals surface area contributed by atoms with Crippen molar-refractivity contribution in [3.05, 3.63) is 11.6 Å². The van der Waals surface area contributed by atoms with E-state index in [1.54, 1.807) is 0 Å². The number of rotatable bonds is 2. The molecule has 7 unspecified atom stereocenters. The molecule has 0 aliphatic heterocycles. The van der Waals surface area contributed by atoms with E-state index in [1.807, 2.05) is 6.92 Å². The van der Waals surface area contributed by atoms with Crippen LogP contribution in [0.15, 0.2) is 16.8 Å². The highest BCUT2D eigenvalue weighted by atomic mass is 16.5. The van der Waals surface area contributed by atoms with E-state index < -0.39 is 0 Å². The van der Waals surface area contributed by atoms with Gasteiger partial charge in [0.2, 0.25) is 0 Å². The predicted octanol–water partition coefficient (Wildman–Crippen LogP) is 4.53. The van der Waals surface area contributed by atoms with Gasteiger partial charge in [0.15, 0.2) is 0 Å². The molecule has 4 aliphatic rings. The number of Topliss-reactive ketones (excluding diaryl/α,β-unsaturated/α-hetero) is 1.